The van der Waals surface area contributed by atoms with Gasteiger partial charge in [0.1, 0.15) is 0 Å². The van der Waals surface area contributed by atoms with Crippen molar-refractivity contribution in [2.45, 2.75) is 39.7 Å². The molecule has 0 radical (unpaired) electrons. The van der Waals surface area contributed by atoms with Crippen LogP contribution in [0.5, 0.6) is 0 Å². The summed E-state index contributed by atoms with van der Waals surface area (Å²) in [6, 6.07) is 0. The summed E-state index contributed by atoms with van der Waals surface area (Å²) < 4.78 is 0. The molecule has 0 saturated carbocycles. The van der Waals surface area contributed by atoms with E-state index in [1.165, 1.54) is 6.42 Å². The first-order valence-corrected chi connectivity index (χ1v) is 5.59. The van der Waals surface area contributed by atoms with Gasteiger partial charge in [-0.25, -0.2) is 0 Å². The van der Waals surface area contributed by atoms with Crippen molar-refractivity contribution in [2.75, 3.05) is 26.2 Å². The van der Waals surface area contributed by atoms with E-state index >= 15 is 0 Å². The van der Waals surface area contributed by atoms with Crippen LogP contribution in [-0.4, -0.2) is 36.6 Å². The highest BCUT2D eigenvalue weighted by Gasteiger charge is 2.18. The Balaban J connectivity index is 3.80. The third kappa shape index (κ3) is 6.17. The summed E-state index contributed by atoms with van der Waals surface area (Å²) in [5.41, 5.74) is 0.250. The molecule has 0 atom stereocenters. The van der Waals surface area contributed by atoms with E-state index < -0.39 is 0 Å². The molecule has 0 aromatic heterocycles. The fourth-order valence-corrected chi connectivity index (χ4v) is 1.43. The summed E-state index contributed by atoms with van der Waals surface area (Å²) in [5, 5.41) is 3.34. The third-order valence-electron chi connectivity index (χ3n) is 2.33. The van der Waals surface area contributed by atoms with Crippen molar-refractivity contribution >= 4 is 0 Å². The van der Waals surface area contributed by atoms with Gasteiger partial charge in [-0.1, -0.05) is 13.0 Å². The van der Waals surface area contributed by atoms with Gasteiger partial charge in [0.25, 0.3) is 0 Å². The lowest BCUT2D eigenvalue weighted by Gasteiger charge is -2.34. The average Bonchev–Trinajstić information content (AvgIpc) is 2.08. The Bertz CT molecular complexity index is 147. The summed E-state index contributed by atoms with van der Waals surface area (Å²) in [4.78, 5) is 2.46. The fraction of sp³-hybridized carbons (Fsp3) is 0.833. The minimum absolute atomic E-state index is 0.250. The molecule has 0 aromatic carbocycles. The topological polar surface area (TPSA) is 15.3 Å². The lowest BCUT2D eigenvalue weighted by atomic mass is 10.1. The molecule has 0 bridgehead atoms. The molecule has 0 aromatic rings. The number of rotatable bonds is 7. The van der Waals surface area contributed by atoms with Gasteiger partial charge < -0.3 is 5.32 Å². The molecule has 2 nitrogen and oxygen atoms in total. The second-order valence-electron chi connectivity index (χ2n) is 4.61. The molecule has 0 aliphatic carbocycles. The molecular formula is C12H26N2. The molecule has 84 valence electrons. The minimum atomic E-state index is 0.250. The lowest BCUT2D eigenvalue weighted by molar-refractivity contribution is 0.152. The smallest absolute Gasteiger partial charge is 0.0165 e. The van der Waals surface area contributed by atoms with Crippen molar-refractivity contribution in [3.05, 3.63) is 12.7 Å². The van der Waals surface area contributed by atoms with E-state index in [1.54, 1.807) is 0 Å². The second kappa shape index (κ2) is 7.02. The van der Waals surface area contributed by atoms with E-state index in [9.17, 15) is 0 Å². The Hall–Kier alpha value is -0.340. The van der Waals surface area contributed by atoms with Crippen LogP contribution < -0.4 is 5.32 Å². The van der Waals surface area contributed by atoms with Gasteiger partial charge in [0.2, 0.25) is 0 Å². The monoisotopic (exact) mass is 198 g/mol. The van der Waals surface area contributed by atoms with Crippen LogP contribution in [0.1, 0.15) is 34.1 Å². The van der Waals surface area contributed by atoms with Gasteiger partial charge in [-0.15, -0.1) is 6.58 Å². The molecule has 2 heteroatoms. The van der Waals surface area contributed by atoms with Crippen LogP contribution in [0.2, 0.25) is 0 Å². The van der Waals surface area contributed by atoms with Crippen LogP contribution in [0.4, 0.5) is 0 Å². The quantitative estimate of drug-likeness (QED) is 0.499. The van der Waals surface area contributed by atoms with E-state index in [0.717, 1.165) is 26.2 Å². The van der Waals surface area contributed by atoms with Crippen molar-refractivity contribution in [1.29, 1.82) is 0 Å². The maximum atomic E-state index is 3.80. The summed E-state index contributed by atoms with van der Waals surface area (Å²) in [5.74, 6) is 0. The molecule has 0 saturated heterocycles. The highest BCUT2D eigenvalue weighted by molar-refractivity contribution is 4.82. The number of nitrogens with one attached hydrogen (secondary N) is 1. The Kier molecular flexibility index (Phi) is 6.85. The third-order valence-corrected chi connectivity index (χ3v) is 2.33. The molecule has 0 spiro atoms. The molecule has 0 aliphatic heterocycles. The Morgan fingerprint density at radius 3 is 2.43 bits per heavy atom. The van der Waals surface area contributed by atoms with E-state index in [-0.39, 0.29) is 5.54 Å². The van der Waals surface area contributed by atoms with Gasteiger partial charge in [-0.05, 0) is 40.3 Å². The van der Waals surface area contributed by atoms with Crippen LogP contribution in [0.25, 0.3) is 0 Å². The maximum Gasteiger partial charge on any atom is 0.0165 e. The molecule has 0 unspecified atom stereocenters. The highest BCUT2D eigenvalue weighted by atomic mass is 15.2. The predicted molar refractivity (Wildman–Crippen MR) is 64.7 cm³/mol. The Labute approximate surface area is 89.4 Å². The largest absolute Gasteiger partial charge is 0.317 e. The SMILES string of the molecule is C=CCN(CCCNCC)C(C)(C)C. The van der Waals surface area contributed by atoms with Gasteiger partial charge in [0.05, 0.1) is 0 Å². The molecular weight excluding hydrogens is 172 g/mol. The maximum absolute atomic E-state index is 3.80. The first-order chi connectivity index (χ1) is 6.52. The van der Waals surface area contributed by atoms with Crippen molar-refractivity contribution in [3.8, 4) is 0 Å². The summed E-state index contributed by atoms with van der Waals surface area (Å²) >= 11 is 0. The summed E-state index contributed by atoms with van der Waals surface area (Å²) in [6.07, 6.45) is 3.19. The van der Waals surface area contributed by atoms with Gasteiger partial charge in [-0.2, -0.15) is 0 Å². The van der Waals surface area contributed by atoms with Crippen LogP contribution in [-0.2, 0) is 0 Å². The molecule has 0 heterocycles. The summed E-state index contributed by atoms with van der Waals surface area (Å²) in [6.45, 7) is 17.0. The first-order valence-electron chi connectivity index (χ1n) is 5.59. The van der Waals surface area contributed by atoms with Crippen LogP contribution in [0.15, 0.2) is 12.7 Å². The second-order valence-corrected chi connectivity index (χ2v) is 4.61. The summed E-state index contributed by atoms with van der Waals surface area (Å²) in [7, 11) is 0. The van der Waals surface area contributed by atoms with Gasteiger partial charge in [0.15, 0.2) is 0 Å². The first kappa shape index (κ1) is 13.7. The standard InChI is InChI=1S/C12H26N2/c1-6-10-14(12(3,4)5)11-8-9-13-7-2/h6,13H,1,7-11H2,2-5H3. The van der Waals surface area contributed by atoms with Gasteiger partial charge >= 0.3 is 0 Å². The van der Waals surface area contributed by atoms with Crippen molar-refractivity contribution < 1.29 is 0 Å². The number of hydrogen-bond donors (Lipinski definition) is 1. The van der Waals surface area contributed by atoms with Crippen molar-refractivity contribution in [1.82, 2.24) is 10.2 Å². The molecule has 0 fully saturated rings. The molecule has 0 aliphatic rings. The van der Waals surface area contributed by atoms with Crippen LogP contribution in [0.3, 0.4) is 0 Å². The predicted octanol–water partition coefficient (Wildman–Crippen LogP) is 2.27. The van der Waals surface area contributed by atoms with E-state index in [2.05, 4.69) is 44.5 Å². The minimum Gasteiger partial charge on any atom is -0.317 e. The normalized spacial score (nSPS) is 12.1. The zero-order valence-corrected chi connectivity index (χ0v) is 10.3. The highest BCUT2D eigenvalue weighted by Crippen LogP contribution is 2.12. The average molecular weight is 198 g/mol. The lowest BCUT2D eigenvalue weighted by Crippen LogP contribution is -2.42. The van der Waals surface area contributed by atoms with Gasteiger partial charge in [-0.3, -0.25) is 4.90 Å². The zero-order chi connectivity index (χ0) is 11.0. The van der Waals surface area contributed by atoms with Crippen LogP contribution >= 0.6 is 0 Å². The van der Waals surface area contributed by atoms with E-state index in [4.69, 9.17) is 0 Å². The Morgan fingerprint density at radius 1 is 1.36 bits per heavy atom. The van der Waals surface area contributed by atoms with E-state index in [0.29, 0.717) is 0 Å². The zero-order valence-electron chi connectivity index (χ0n) is 10.3. The molecule has 0 amide bonds. The van der Waals surface area contributed by atoms with Gasteiger partial charge in [0, 0.05) is 18.6 Å². The Morgan fingerprint density at radius 2 is 2.00 bits per heavy atom. The number of nitrogens with zero attached hydrogens (tertiary/aromatic N) is 1. The molecule has 0 rings (SSSR count). The van der Waals surface area contributed by atoms with Crippen molar-refractivity contribution in [2.24, 2.45) is 0 Å². The molecule has 14 heavy (non-hydrogen) atoms. The van der Waals surface area contributed by atoms with Crippen LogP contribution in [0, 0.1) is 0 Å². The fourth-order valence-electron chi connectivity index (χ4n) is 1.43. The molecule has 1 N–H and O–H groups in total. The number of hydrogen-bond acceptors (Lipinski definition) is 2. The van der Waals surface area contributed by atoms with Crippen molar-refractivity contribution in [3.63, 3.8) is 0 Å². The van der Waals surface area contributed by atoms with E-state index in [1.807, 2.05) is 6.08 Å².